The van der Waals surface area contributed by atoms with Gasteiger partial charge in [-0.1, -0.05) is 18.2 Å². The number of amides is 3. The highest BCUT2D eigenvalue weighted by molar-refractivity contribution is 6.03. The van der Waals surface area contributed by atoms with Crippen molar-refractivity contribution in [1.29, 1.82) is 0 Å². The van der Waals surface area contributed by atoms with Crippen molar-refractivity contribution in [3.05, 3.63) is 48.2 Å². The molecule has 3 amide bonds. The van der Waals surface area contributed by atoms with E-state index in [1.54, 1.807) is 12.1 Å². The zero-order valence-electron chi connectivity index (χ0n) is 14.5. The lowest BCUT2D eigenvalue weighted by atomic mass is 10.1. The number of benzene rings is 1. The van der Waals surface area contributed by atoms with Gasteiger partial charge < -0.3 is 15.5 Å². The summed E-state index contributed by atoms with van der Waals surface area (Å²) in [6.07, 6.45) is 3.50. The van der Waals surface area contributed by atoms with Gasteiger partial charge in [-0.25, -0.2) is 4.98 Å². The van der Waals surface area contributed by atoms with Crippen LogP contribution in [0.25, 0.3) is 0 Å². The Morgan fingerprint density at radius 3 is 2.77 bits per heavy atom. The minimum atomic E-state index is -0.345. The third kappa shape index (κ3) is 4.24. The molecular formula is C19H20N4O3. The molecule has 2 heterocycles. The average molecular weight is 352 g/mol. The number of aryl methyl sites for hydroxylation is 1. The molecule has 0 fully saturated rings. The fraction of sp³-hybridized carbons (Fsp3) is 0.263. The van der Waals surface area contributed by atoms with E-state index in [9.17, 15) is 14.4 Å². The lowest BCUT2D eigenvalue weighted by molar-refractivity contribution is -0.121. The molecule has 0 atom stereocenters. The van der Waals surface area contributed by atoms with Crippen LogP contribution >= 0.6 is 0 Å². The summed E-state index contributed by atoms with van der Waals surface area (Å²) >= 11 is 0. The zero-order valence-corrected chi connectivity index (χ0v) is 14.5. The van der Waals surface area contributed by atoms with Crippen LogP contribution in [0.15, 0.2) is 42.6 Å². The van der Waals surface area contributed by atoms with Crippen molar-refractivity contribution in [2.45, 2.75) is 26.2 Å². The number of fused-ring (bicyclic) bond motifs is 1. The van der Waals surface area contributed by atoms with Gasteiger partial charge in [0.05, 0.1) is 0 Å². The molecule has 134 valence electrons. The first-order chi connectivity index (χ1) is 12.5. The maximum Gasteiger partial charge on any atom is 0.245 e. The third-order valence-electron chi connectivity index (χ3n) is 4.07. The molecule has 2 N–H and O–H groups in total. The molecule has 0 spiro atoms. The van der Waals surface area contributed by atoms with Crippen LogP contribution < -0.4 is 15.5 Å². The number of rotatable bonds is 4. The fourth-order valence-electron chi connectivity index (χ4n) is 2.96. The van der Waals surface area contributed by atoms with Crippen molar-refractivity contribution < 1.29 is 14.4 Å². The highest BCUT2D eigenvalue weighted by atomic mass is 16.2. The Hall–Kier alpha value is -3.22. The Bertz CT molecular complexity index is 850. The number of anilines is 3. The van der Waals surface area contributed by atoms with Crippen LogP contribution in [0, 0.1) is 0 Å². The van der Waals surface area contributed by atoms with E-state index in [2.05, 4.69) is 15.6 Å². The molecule has 7 nitrogen and oxygen atoms in total. The fourth-order valence-corrected chi connectivity index (χ4v) is 2.96. The molecule has 0 aliphatic carbocycles. The van der Waals surface area contributed by atoms with Gasteiger partial charge in [-0.05, 0) is 30.5 Å². The number of para-hydroxylation sites is 1. The van der Waals surface area contributed by atoms with Crippen LogP contribution in [-0.4, -0.2) is 29.3 Å². The van der Waals surface area contributed by atoms with Gasteiger partial charge in [0.15, 0.2) is 0 Å². The van der Waals surface area contributed by atoms with Crippen LogP contribution in [0.4, 0.5) is 17.2 Å². The lowest BCUT2D eigenvalue weighted by Gasteiger charge is -2.22. The molecular weight excluding hydrogens is 332 g/mol. The Morgan fingerprint density at radius 2 is 1.96 bits per heavy atom. The maximum atomic E-state index is 12.4. The first kappa shape index (κ1) is 17.6. The molecule has 0 saturated heterocycles. The summed E-state index contributed by atoms with van der Waals surface area (Å²) in [5, 5.41) is 5.31. The molecule has 1 aromatic carbocycles. The highest BCUT2D eigenvalue weighted by Gasteiger charge is 2.24. The Kier molecular flexibility index (Phi) is 5.26. The Morgan fingerprint density at radius 1 is 1.15 bits per heavy atom. The van der Waals surface area contributed by atoms with E-state index in [1.807, 2.05) is 24.3 Å². The van der Waals surface area contributed by atoms with Gasteiger partial charge in [-0.3, -0.25) is 14.4 Å². The van der Waals surface area contributed by atoms with Crippen LogP contribution in [0.1, 0.15) is 25.3 Å². The van der Waals surface area contributed by atoms with Crippen LogP contribution in [0.3, 0.4) is 0 Å². The minimum Gasteiger partial charge on any atom is -0.326 e. The number of carbonyl (C=O) groups excluding carboxylic acids is 3. The quantitative estimate of drug-likeness (QED) is 0.883. The average Bonchev–Trinajstić information content (AvgIpc) is 2.74. The number of hydrogen-bond donors (Lipinski definition) is 2. The molecule has 1 aliphatic rings. The number of nitrogens with one attached hydrogen (secondary N) is 2. The second kappa shape index (κ2) is 7.77. The standard InChI is InChI=1S/C19H20N4O3/c1-13(24)21-15-9-10-20-17(11-15)22-18(25)12-23-16-7-3-2-5-14(16)6-4-8-19(23)26/h2-3,5,7,9-11H,4,6,8,12H2,1H3,(H2,20,21,22,24,25). The summed E-state index contributed by atoms with van der Waals surface area (Å²) in [5.41, 5.74) is 2.39. The van der Waals surface area contributed by atoms with Crippen LogP contribution in [0.2, 0.25) is 0 Å². The van der Waals surface area contributed by atoms with Gasteiger partial charge >= 0.3 is 0 Å². The second-order valence-corrected chi connectivity index (χ2v) is 6.12. The Balaban J connectivity index is 1.73. The van der Waals surface area contributed by atoms with Gasteiger partial charge in [0, 0.05) is 37.0 Å². The van der Waals surface area contributed by atoms with Gasteiger partial charge in [0.2, 0.25) is 17.7 Å². The molecule has 0 radical (unpaired) electrons. The van der Waals surface area contributed by atoms with E-state index < -0.39 is 0 Å². The van der Waals surface area contributed by atoms with Gasteiger partial charge in [-0.2, -0.15) is 0 Å². The number of hydrogen-bond acceptors (Lipinski definition) is 4. The van der Waals surface area contributed by atoms with Crippen molar-refractivity contribution in [3.8, 4) is 0 Å². The number of pyridine rings is 1. The summed E-state index contributed by atoms with van der Waals surface area (Å²) in [4.78, 5) is 41.6. The largest absolute Gasteiger partial charge is 0.326 e. The van der Waals surface area contributed by atoms with Gasteiger partial charge in [0.25, 0.3) is 0 Å². The molecule has 26 heavy (non-hydrogen) atoms. The summed E-state index contributed by atoms with van der Waals surface area (Å²) in [5.74, 6) is -0.301. The van der Waals surface area contributed by atoms with Crippen molar-refractivity contribution in [3.63, 3.8) is 0 Å². The molecule has 0 unspecified atom stereocenters. The minimum absolute atomic E-state index is 0.0648. The highest BCUT2D eigenvalue weighted by Crippen LogP contribution is 2.26. The third-order valence-corrected chi connectivity index (χ3v) is 4.07. The molecule has 1 aliphatic heterocycles. The zero-order chi connectivity index (χ0) is 18.5. The van der Waals surface area contributed by atoms with Crippen LogP contribution in [0.5, 0.6) is 0 Å². The molecule has 7 heteroatoms. The van der Waals surface area contributed by atoms with Crippen molar-refractivity contribution >= 4 is 34.9 Å². The topological polar surface area (TPSA) is 91.4 Å². The van der Waals surface area contributed by atoms with E-state index in [-0.39, 0.29) is 24.3 Å². The van der Waals surface area contributed by atoms with Gasteiger partial charge in [0.1, 0.15) is 12.4 Å². The van der Waals surface area contributed by atoms with E-state index in [0.717, 1.165) is 24.1 Å². The number of carbonyl (C=O) groups is 3. The SMILES string of the molecule is CC(=O)Nc1ccnc(NC(=O)CN2C(=O)CCCc3ccccc32)c1. The summed E-state index contributed by atoms with van der Waals surface area (Å²) < 4.78 is 0. The first-order valence-electron chi connectivity index (χ1n) is 8.44. The maximum absolute atomic E-state index is 12.4. The predicted molar refractivity (Wildman–Crippen MR) is 98.9 cm³/mol. The van der Waals surface area contributed by atoms with Crippen molar-refractivity contribution in [2.75, 3.05) is 22.1 Å². The van der Waals surface area contributed by atoms with E-state index in [0.29, 0.717) is 17.9 Å². The van der Waals surface area contributed by atoms with E-state index in [1.165, 1.54) is 18.0 Å². The Labute approximate surface area is 151 Å². The first-order valence-corrected chi connectivity index (χ1v) is 8.44. The van der Waals surface area contributed by atoms with Gasteiger partial charge in [-0.15, -0.1) is 0 Å². The second-order valence-electron chi connectivity index (χ2n) is 6.12. The molecule has 2 aromatic rings. The molecule has 3 rings (SSSR count). The predicted octanol–water partition coefficient (Wildman–Crippen LogP) is 2.35. The van der Waals surface area contributed by atoms with E-state index >= 15 is 0 Å². The number of aromatic nitrogens is 1. The lowest BCUT2D eigenvalue weighted by Crippen LogP contribution is -2.37. The number of nitrogens with zero attached hydrogens (tertiary/aromatic N) is 2. The van der Waals surface area contributed by atoms with Crippen LogP contribution in [-0.2, 0) is 20.8 Å². The monoisotopic (exact) mass is 352 g/mol. The van der Waals surface area contributed by atoms with Crippen molar-refractivity contribution in [2.24, 2.45) is 0 Å². The smallest absolute Gasteiger partial charge is 0.245 e. The summed E-state index contributed by atoms with van der Waals surface area (Å²) in [7, 11) is 0. The normalized spacial score (nSPS) is 13.6. The van der Waals surface area contributed by atoms with E-state index in [4.69, 9.17) is 0 Å². The molecule has 1 aromatic heterocycles. The summed E-state index contributed by atoms with van der Waals surface area (Å²) in [6, 6.07) is 10.8. The molecule has 0 bridgehead atoms. The van der Waals surface area contributed by atoms with Crippen molar-refractivity contribution in [1.82, 2.24) is 4.98 Å². The summed E-state index contributed by atoms with van der Waals surface area (Å²) in [6.45, 7) is 1.32. The molecule has 0 saturated carbocycles.